The van der Waals surface area contributed by atoms with Crippen LogP contribution in [-0.4, -0.2) is 62.4 Å². The molecule has 10 nitrogen and oxygen atoms in total. The number of rotatable bonds is 0. The van der Waals surface area contributed by atoms with Gasteiger partial charge in [-0.1, -0.05) is 0 Å². The van der Waals surface area contributed by atoms with E-state index in [-0.39, 0.29) is 141 Å². The molecule has 0 aromatic carbocycles. The minimum atomic E-state index is -2.12. The van der Waals surface area contributed by atoms with Gasteiger partial charge >= 0.3 is 141 Å². The maximum absolute atomic E-state index is 9.06. The summed E-state index contributed by atoms with van der Waals surface area (Å²) in [4.78, 5) is 36.2. The summed E-state index contributed by atoms with van der Waals surface area (Å²) in [5.74, 6) is 0. The molecule has 0 aliphatic rings. The zero-order chi connectivity index (χ0) is 11.7. The van der Waals surface area contributed by atoms with Gasteiger partial charge in [-0.3, -0.25) is 0 Å². The molecule has 17 heavy (non-hydrogen) atoms. The fourth-order valence-electron chi connectivity index (χ4n) is 0.136. The number of carboxylic acid groups (broad SMARTS) is 4. The first-order valence-electron chi connectivity index (χ1n) is 2.45. The molecule has 0 aliphatic heterocycles. The normalized spacial score (nSPS) is 6.12. The van der Waals surface area contributed by atoms with E-state index < -0.39 is 24.6 Å². The molecule has 0 aromatic rings. The van der Waals surface area contributed by atoms with Gasteiger partial charge in [0.15, 0.2) is 0 Å². The van der Waals surface area contributed by atoms with Gasteiger partial charge in [-0.05, 0) is 0 Å². The molecule has 80 valence electrons. The van der Waals surface area contributed by atoms with Crippen LogP contribution in [0, 0.1) is 0 Å². The minimum Gasteiger partial charge on any atom is -0.483 e. The van der Waals surface area contributed by atoms with Gasteiger partial charge in [-0.25, -0.2) is 0 Å². The molecular formula is C4CaK2O10. The van der Waals surface area contributed by atoms with E-state index in [1.54, 1.807) is 0 Å². The van der Waals surface area contributed by atoms with Crippen LogP contribution >= 0.6 is 0 Å². The van der Waals surface area contributed by atoms with Crippen molar-refractivity contribution in [1.82, 2.24) is 0 Å². The third-order valence-corrected chi connectivity index (χ3v) is 0.333. The summed E-state index contributed by atoms with van der Waals surface area (Å²) in [6.07, 6.45) is -8.50. The molecular weight excluding hydrogens is 326 g/mol. The first-order chi connectivity index (χ1) is 6.25. The van der Waals surface area contributed by atoms with Crippen LogP contribution in [0.5, 0.6) is 0 Å². The van der Waals surface area contributed by atoms with E-state index in [4.69, 9.17) is 39.6 Å². The summed E-state index contributed by atoms with van der Waals surface area (Å²) >= 11 is 0. The maximum Gasteiger partial charge on any atom is 2.00 e. The summed E-state index contributed by atoms with van der Waals surface area (Å²) < 4.78 is 5.72. The molecule has 0 N–H and O–H groups in total. The van der Waals surface area contributed by atoms with Crippen molar-refractivity contribution < 1.29 is 152 Å². The van der Waals surface area contributed by atoms with E-state index in [1.807, 2.05) is 0 Å². The molecule has 0 aliphatic carbocycles. The molecule has 0 unspecified atom stereocenters. The van der Waals surface area contributed by atoms with Crippen molar-refractivity contribution in [3.8, 4) is 0 Å². The molecule has 0 spiro atoms. The smallest absolute Gasteiger partial charge is 0.483 e. The average Bonchev–Trinajstić information content (AvgIpc) is 1.79. The second-order valence-electron chi connectivity index (χ2n) is 1.20. The van der Waals surface area contributed by atoms with Crippen LogP contribution in [0.25, 0.3) is 0 Å². The minimum absolute atomic E-state index is 0. The number of hydrogen-bond acceptors (Lipinski definition) is 10. The number of carbonyl (C=O) groups excluding carboxylic acids is 4. The van der Waals surface area contributed by atoms with Crippen molar-refractivity contribution in [2.75, 3.05) is 0 Å². The van der Waals surface area contributed by atoms with Gasteiger partial charge in [-0.2, -0.15) is 0 Å². The van der Waals surface area contributed by atoms with Gasteiger partial charge in [0.2, 0.25) is 0 Å². The molecule has 0 amide bonds. The van der Waals surface area contributed by atoms with Crippen molar-refractivity contribution in [3.05, 3.63) is 0 Å². The van der Waals surface area contributed by atoms with Crippen LogP contribution in [0.3, 0.4) is 0 Å². The molecule has 0 fully saturated rings. The van der Waals surface area contributed by atoms with Gasteiger partial charge in [-0.15, -0.1) is 0 Å². The van der Waals surface area contributed by atoms with E-state index in [0.717, 1.165) is 0 Å². The van der Waals surface area contributed by atoms with Gasteiger partial charge in [0, 0.05) is 0 Å². The van der Waals surface area contributed by atoms with Crippen LogP contribution < -0.4 is 123 Å². The number of hydrogen-bond donors (Lipinski definition) is 0. The van der Waals surface area contributed by atoms with Gasteiger partial charge in [0.25, 0.3) is 24.6 Å². The van der Waals surface area contributed by atoms with Crippen LogP contribution in [0.2, 0.25) is 0 Å². The van der Waals surface area contributed by atoms with Crippen molar-refractivity contribution in [3.63, 3.8) is 0 Å². The Morgan fingerprint density at radius 3 is 0.706 bits per heavy atom. The quantitative estimate of drug-likeness (QED) is 0.235. The second-order valence-corrected chi connectivity index (χ2v) is 1.20. The second kappa shape index (κ2) is 20.3. The summed E-state index contributed by atoms with van der Waals surface area (Å²) in [5.41, 5.74) is 0. The Morgan fingerprint density at radius 1 is 0.588 bits per heavy atom. The summed E-state index contributed by atoms with van der Waals surface area (Å²) in [6.45, 7) is 0. The largest absolute Gasteiger partial charge is 2.00 e. The standard InChI is InChI=1S/2C2H2O5.Ca.2K/c2*3-1(4)7-2(5)6;;;/h2*(H,3,4)(H,5,6);;;/q;;+2;2*+1/p-4. The van der Waals surface area contributed by atoms with Crippen molar-refractivity contribution in [2.24, 2.45) is 0 Å². The van der Waals surface area contributed by atoms with E-state index in [0.29, 0.717) is 0 Å². The average molecular weight is 326 g/mol. The molecule has 0 heterocycles. The zero-order valence-electron chi connectivity index (χ0n) is 8.79. The Morgan fingerprint density at radius 2 is 0.706 bits per heavy atom. The Hall–Kier alpha value is 2.01. The molecule has 0 radical (unpaired) electrons. The van der Waals surface area contributed by atoms with E-state index in [2.05, 4.69) is 9.47 Å². The van der Waals surface area contributed by atoms with Gasteiger partial charge < -0.3 is 49.1 Å². The topological polar surface area (TPSA) is 179 Å². The molecule has 13 heteroatoms. The molecule has 0 bridgehead atoms. The molecule has 0 atom stereocenters. The molecule has 0 saturated carbocycles. The van der Waals surface area contributed by atoms with Crippen LogP contribution in [-0.2, 0) is 9.47 Å². The first-order valence-corrected chi connectivity index (χ1v) is 2.45. The van der Waals surface area contributed by atoms with Gasteiger partial charge in [0.05, 0.1) is 0 Å². The van der Waals surface area contributed by atoms with E-state index in [1.165, 1.54) is 0 Å². The Labute approximate surface area is 209 Å². The summed E-state index contributed by atoms with van der Waals surface area (Å²) in [6, 6.07) is 0. The van der Waals surface area contributed by atoms with E-state index >= 15 is 0 Å². The first kappa shape index (κ1) is 31.4. The molecule has 0 rings (SSSR count). The Balaban J connectivity index is -0.0000000480. The van der Waals surface area contributed by atoms with Crippen molar-refractivity contribution in [2.45, 2.75) is 0 Å². The fraction of sp³-hybridized carbons (Fsp3) is 0. The number of ether oxygens (including phenoxy) is 2. The summed E-state index contributed by atoms with van der Waals surface area (Å²) in [7, 11) is 0. The maximum atomic E-state index is 9.06. The van der Waals surface area contributed by atoms with Gasteiger partial charge in [0.1, 0.15) is 0 Å². The van der Waals surface area contributed by atoms with Crippen molar-refractivity contribution in [1.29, 1.82) is 0 Å². The Bertz CT molecular complexity index is 205. The predicted molar refractivity (Wildman–Crippen MR) is 29.5 cm³/mol. The third-order valence-electron chi connectivity index (χ3n) is 0.333. The zero-order valence-corrected chi connectivity index (χ0v) is 17.2. The van der Waals surface area contributed by atoms with Crippen LogP contribution in [0.1, 0.15) is 0 Å². The summed E-state index contributed by atoms with van der Waals surface area (Å²) in [5, 5.41) is 36.2. The molecule has 0 aromatic heterocycles. The van der Waals surface area contributed by atoms with Crippen LogP contribution in [0.4, 0.5) is 19.2 Å². The fourth-order valence-corrected chi connectivity index (χ4v) is 0.136. The Kier molecular flexibility index (Phi) is 37.6. The van der Waals surface area contributed by atoms with Crippen molar-refractivity contribution >= 4 is 62.4 Å². The number of carbonyl (C=O) groups is 4. The van der Waals surface area contributed by atoms with Crippen LogP contribution in [0.15, 0.2) is 0 Å². The third kappa shape index (κ3) is 46.1. The van der Waals surface area contributed by atoms with E-state index in [9.17, 15) is 0 Å². The molecule has 0 saturated heterocycles. The monoisotopic (exact) mass is 326 g/mol. The predicted octanol–water partition coefficient (Wildman–Crippen LogP) is -11.0. The SMILES string of the molecule is O=C([O-])OC(=O)[O-].O=C([O-])OC(=O)[O-].[Ca+2].[K+].[K+].